The summed E-state index contributed by atoms with van der Waals surface area (Å²) in [5.41, 5.74) is 2.62. The minimum Gasteiger partial charge on any atom is -0.378 e. The van der Waals surface area contributed by atoms with Gasteiger partial charge in [-0.2, -0.15) is 15.0 Å². The monoisotopic (exact) mass is 395 g/mol. The van der Waals surface area contributed by atoms with Crippen LogP contribution in [0.4, 0.5) is 23.4 Å². The number of para-hydroxylation sites is 1. The van der Waals surface area contributed by atoms with Crippen molar-refractivity contribution in [3.05, 3.63) is 30.3 Å². The van der Waals surface area contributed by atoms with Crippen LogP contribution in [0.5, 0.6) is 0 Å². The highest BCUT2D eigenvalue weighted by atomic mass is 16.5. The molecule has 0 atom stereocenters. The molecule has 2 aromatic heterocycles. The van der Waals surface area contributed by atoms with Crippen molar-refractivity contribution in [3.8, 4) is 0 Å². The Kier molecular flexibility index (Phi) is 4.91. The van der Waals surface area contributed by atoms with E-state index in [-0.39, 0.29) is 0 Å². The third kappa shape index (κ3) is 3.58. The molecule has 2 aliphatic heterocycles. The van der Waals surface area contributed by atoms with Crippen molar-refractivity contribution < 1.29 is 9.47 Å². The number of rotatable bonds is 4. The summed E-state index contributed by atoms with van der Waals surface area (Å²) in [5, 5.41) is 3.40. The van der Waals surface area contributed by atoms with Crippen molar-refractivity contribution in [3.63, 3.8) is 0 Å². The Hall–Kier alpha value is -2.91. The maximum atomic E-state index is 5.55. The number of anilines is 4. The Morgan fingerprint density at radius 2 is 1.48 bits per heavy atom. The highest BCUT2D eigenvalue weighted by molar-refractivity contribution is 5.88. The largest absolute Gasteiger partial charge is 0.378 e. The number of nitrogens with zero attached hydrogens (tertiary/aromatic N) is 6. The maximum absolute atomic E-state index is 5.55. The molecule has 9 heteroatoms. The van der Waals surface area contributed by atoms with E-state index in [1.807, 2.05) is 41.9 Å². The van der Waals surface area contributed by atoms with Crippen molar-refractivity contribution in [2.45, 2.75) is 0 Å². The summed E-state index contributed by atoms with van der Waals surface area (Å²) >= 11 is 0. The van der Waals surface area contributed by atoms with Crippen LogP contribution in [0.2, 0.25) is 0 Å². The van der Waals surface area contributed by atoms with Gasteiger partial charge in [-0.3, -0.25) is 0 Å². The van der Waals surface area contributed by atoms with Crippen LogP contribution < -0.4 is 15.1 Å². The molecule has 4 heterocycles. The van der Waals surface area contributed by atoms with Gasteiger partial charge in [-0.15, -0.1) is 0 Å². The summed E-state index contributed by atoms with van der Waals surface area (Å²) in [5.74, 6) is 2.37. The van der Waals surface area contributed by atoms with Gasteiger partial charge in [0.2, 0.25) is 11.9 Å². The molecule has 2 saturated heterocycles. The van der Waals surface area contributed by atoms with Gasteiger partial charge >= 0.3 is 0 Å². The van der Waals surface area contributed by atoms with Crippen molar-refractivity contribution in [1.29, 1.82) is 0 Å². The summed E-state index contributed by atoms with van der Waals surface area (Å²) in [7, 11) is 2.00. The van der Waals surface area contributed by atoms with Crippen LogP contribution in [0.25, 0.3) is 11.2 Å². The Morgan fingerprint density at radius 1 is 0.828 bits per heavy atom. The number of aryl methyl sites for hydroxylation is 1. The molecule has 1 N–H and O–H groups in total. The molecule has 152 valence electrons. The standard InChI is InChI=1S/C20H25N7O2/c1-25-16-17(22-19(25)21-15-5-3-2-4-6-15)23-20(27-9-13-29-14-10-27)24-18(16)26-7-11-28-12-8-26/h2-6H,7-14H2,1H3,(H,21,22,23,24). The van der Waals surface area contributed by atoms with Gasteiger partial charge in [0.05, 0.1) is 26.4 Å². The second-order valence-corrected chi connectivity index (χ2v) is 7.20. The molecular weight excluding hydrogens is 370 g/mol. The highest BCUT2D eigenvalue weighted by Gasteiger charge is 2.24. The molecule has 1 aromatic carbocycles. The molecule has 0 saturated carbocycles. The minimum atomic E-state index is 0.692. The molecule has 0 spiro atoms. The first-order chi connectivity index (χ1) is 14.3. The van der Waals surface area contributed by atoms with E-state index in [2.05, 4.69) is 15.1 Å². The van der Waals surface area contributed by atoms with E-state index in [0.717, 1.165) is 49.1 Å². The van der Waals surface area contributed by atoms with Crippen LogP contribution in [0, 0.1) is 0 Å². The van der Waals surface area contributed by atoms with Gasteiger partial charge in [0, 0.05) is 38.9 Å². The van der Waals surface area contributed by atoms with Crippen LogP contribution in [-0.2, 0) is 16.5 Å². The van der Waals surface area contributed by atoms with Gasteiger partial charge in [0.25, 0.3) is 0 Å². The zero-order valence-electron chi connectivity index (χ0n) is 16.5. The lowest BCUT2D eigenvalue weighted by atomic mass is 10.3. The van der Waals surface area contributed by atoms with E-state index < -0.39 is 0 Å². The minimum absolute atomic E-state index is 0.692. The zero-order valence-corrected chi connectivity index (χ0v) is 16.5. The predicted octanol–water partition coefficient (Wildman–Crippen LogP) is 1.78. The summed E-state index contributed by atoms with van der Waals surface area (Å²) in [6, 6.07) is 10.0. The van der Waals surface area contributed by atoms with Gasteiger partial charge in [0.15, 0.2) is 11.5 Å². The maximum Gasteiger partial charge on any atom is 0.229 e. The van der Waals surface area contributed by atoms with E-state index in [1.165, 1.54) is 0 Å². The van der Waals surface area contributed by atoms with Gasteiger partial charge in [0.1, 0.15) is 5.52 Å². The number of nitrogens with one attached hydrogen (secondary N) is 1. The first-order valence-corrected chi connectivity index (χ1v) is 10.0. The summed E-state index contributed by atoms with van der Waals surface area (Å²) < 4.78 is 13.1. The molecule has 0 radical (unpaired) electrons. The summed E-state index contributed by atoms with van der Waals surface area (Å²) in [4.78, 5) is 19.0. The molecule has 5 rings (SSSR count). The number of fused-ring (bicyclic) bond motifs is 1. The number of hydrogen-bond acceptors (Lipinski definition) is 8. The molecule has 0 bridgehead atoms. The number of morpholine rings is 2. The quantitative estimate of drug-likeness (QED) is 0.716. The van der Waals surface area contributed by atoms with E-state index in [4.69, 9.17) is 24.4 Å². The number of hydrogen-bond donors (Lipinski definition) is 1. The molecule has 29 heavy (non-hydrogen) atoms. The van der Waals surface area contributed by atoms with Crippen molar-refractivity contribution >= 4 is 34.6 Å². The molecule has 0 amide bonds. The van der Waals surface area contributed by atoms with Gasteiger partial charge in [-0.05, 0) is 12.1 Å². The first kappa shape index (κ1) is 18.1. The zero-order chi connectivity index (χ0) is 19.6. The van der Waals surface area contributed by atoms with Crippen LogP contribution in [0.15, 0.2) is 30.3 Å². The Bertz CT molecular complexity index is 979. The Labute approximate surface area is 169 Å². The lowest BCUT2D eigenvalue weighted by Gasteiger charge is -2.31. The predicted molar refractivity (Wildman–Crippen MR) is 112 cm³/mol. The lowest BCUT2D eigenvalue weighted by molar-refractivity contribution is 0.121. The average molecular weight is 395 g/mol. The average Bonchev–Trinajstić information content (AvgIpc) is 3.10. The highest BCUT2D eigenvalue weighted by Crippen LogP contribution is 2.30. The summed E-state index contributed by atoms with van der Waals surface area (Å²) in [6.45, 7) is 5.97. The van der Waals surface area contributed by atoms with Crippen LogP contribution in [0.1, 0.15) is 0 Å². The molecular formula is C20H25N7O2. The van der Waals surface area contributed by atoms with Crippen molar-refractivity contribution in [2.75, 3.05) is 67.7 Å². The fraction of sp³-hybridized carbons (Fsp3) is 0.450. The van der Waals surface area contributed by atoms with Gasteiger partial charge < -0.3 is 29.2 Å². The number of benzene rings is 1. The third-order valence-corrected chi connectivity index (χ3v) is 5.33. The summed E-state index contributed by atoms with van der Waals surface area (Å²) in [6.07, 6.45) is 0. The molecule has 3 aromatic rings. The normalized spacial score (nSPS) is 17.7. The molecule has 0 unspecified atom stereocenters. The van der Waals surface area contributed by atoms with Crippen molar-refractivity contribution in [2.24, 2.45) is 7.05 Å². The number of imidazole rings is 1. The first-order valence-electron chi connectivity index (χ1n) is 10.0. The second kappa shape index (κ2) is 7.84. The van der Waals surface area contributed by atoms with Gasteiger partial charge in [-0.25, -0.2) is 0 Å². The number of ether oxygens (including phenoxy) is 2. The number of aromatic nitrogens is 4. The molecule has 2 aliphatic rings. The fourth-order valence-electron chi connectivity index (χ4n) is 3.74. The van der Waals surface area contributed by atoms with Crippen LogP contribution >= 0.6 is 0 Å². The van der Waals surface area contributed by atoms with Crippen LogP contribution in [-0.4, -0.2) is 72.1 Å². The molecule has 2 fully saturated rings. The Morgan fingerprint density at radius 3 is 2.17 bits per heavy atom. The van der Waals surface area contributed by atoms with Gasteiger partial charge in [-0.1, -0.05) is 18.2 Å². The molecule has 9 nitrogen and oxygen atoms in total. The topological polar surface area (TPSA) is 80.6 Å². The van der Waals surface area contributed by atoms with E-state index in [9.17, 15) is 0 Å². The smallest absolute Gasteiger partial charge is 0.229 e. The van der Waals surface area contributed by atoms with Crippen molar-refractivity contribution in [1.82, 2.24) is 19.5 Å². The van der Waals surface area contributed by atoms with Crippen LogP contribution in [0.3, 0.4) is 0 Å². The second-order valence-electron chi connectivity index (χ2n) is 7.20. The fourth-order valence-corrected chi connectivity index (χ4v) is 3.74. The molecule has 0 aliphatic carbocycles. The van der Waals surface area contributed by atoms with E-state index in [1.54, 1.807) is 0 Å². The lowest BCUT2D eigenvalue weighted by Crippen LogP contribution is -2.39. The third-order valence-electron chi connectivity index (χ3n) is 5.33. The SMILES string of the molecule is Cn1c(Nc2ccccc2)nc2nc(N3CCOCC3)nc(N3CCOCC3)c21. The van der Waals surface area contributed by atoms with E-state index >= 15 is 0 Å². The Balaban J connectivity index is 1.59. The van der Waals surface area contributed by atoms with E-state index in [0.29, 0.717) is 38.0 Å².